The quantitative estimate of drug-likeness (QED) is 0.744. The van der Waals surface area contributed by atoms with E-state index >= 15 is 0 Å². The van der Waals surface area contributed by atoms with E-state index in [1.807, 2.05) is 0 Å². The molecule has 1 aromatic carbocycles. The molecule has 0 radical (unpaired) electrons. The lowest BCUT2D eigenvalue weighted by Gasteiger charge is -2.57. The fraction of sp³-hybridized carbons (Fsp3) is 0.571. The Bertz CT molecular complexity index is 853. The molecule has 4 aliphatic carbocycles. The first-order chi connectivity index (χ1) is 12.7. The molecule has 2 N–H and O–H groups in total. The molecule has 6 heteroatoms. The summed E-state index contributed by atoms with van der Waals surface area (Å²) in [4.78, 5) is 12.7. The summed E-state index contributed by atoms with van der Waals surface area (Å²) in [5.41, 5.74) is 2.25. The number of para-hydroxylation sites is 2. The number of carbonyl (C=O) groups excluding carboxylic acids is 1. The number of allylic oxidation sites excluding steroid dienone is 1. The van der Waals surface area contributed by atoms with Crippen LogP contribution in [0.15, 0.2) is 35.9 Å². The lowest BCUT2D eigenvalue weighted by atomic mass is 9.48. The molecule has 0 atom stereocenters. The van der Waals surface area contributed by atoms with E-state index in [1.54, 1.807) is 30.3 Å². The predicted molar refractivity (Wildman–Crippen MR) is 108 cm³/mol. The van der Waals surface area contributed by atoms with Gasteiger partial charge in [0.05, 0.1) is 17.6 Å². The Balaban J connectivity index is 1.51. The summed E-state index contributed by atoms with van der Waals surface area (Å²) in [7, 11) is -3.41. The summed E-state index contributed by atoms with van der Waals surface area (Å²) in [6, 6.07) is 6.87. The maximum atomic E-state index is 12.7. The highest BCUT2D eigenvalue weighted by atomic mass is 32.2. The summed E-state index contributed by atoms with van der Waals surface area (Å²) in [6.45, 7) is 2.10. The first-order valence-electron chi connectivity index (χ1n) is 9.79. The fourth-order valence-corrected chi connectivity index (χ4v) is 6.57. The van der Waals surface area contributed by atoms with Gasteiger partial charge >= 0.3 is 0 Å². The highest BCUT2D eigenvalue weighted by Gasteiger charge is 2.51. The van der Waals surface area contributed by atoms with Gasteiger partial charge in [0.2, 0.25) is 15.9 Å². The van der Waals surface area contributed by atoms with Crippen LogP contribution in [0, 0.1) is 23.2 Å². The summed E-state index contributed by atoms with van der Waals surface area (Å²) in [5.74, 6) is 2.32. The van der Waals surface area contributed by atoms with Crippen molar-refractivity contribution >= 4 is 27.3 Å². The molecule has 4 aliphatic rings. The molecule has 5 nitrogen and oxygen atoms in total. The van der Waals surface area contributed by atoms with Gasteiger partial charge in [0.15, 0.2) is 0 Å². The van der Waals surface area contributed by atoms with Gasteiger partial charge in [0.1, 0.15) is 0 Å². The Morgan fingerprint density at radius 3 is 2.07 bits per heavy atom. The smallest absolute Gasteiger partial charge is 0.248 e. The zero-order chi connectivity index (χ0) is 19.2. The van der Waals surface area contributed by atoms with Crippen LogP contribution in [0.4, 0.5) is 11.4 Å². The molecule has 1 amide bonds. The van der Waals surface area contributed by atoms with Crippen molar-refractivity contribution in [3.05, 3.63) is 35.9 Å². The molecule has 0 aromatic heterocycles. The number of carbonyl (C=O) groups is 1. The van der Waals surface area contributed by atoms with Crippen LogP contribution in [-0.2, 0) is 14.8 Å². The molecule has 146 valence electrons. The number of sulfonamides is 1. The molecule has 0 aliphatic heterocycles. The molecular weight excluding hydrogens is 360 g/mol. The van der Waals surface area contributed by atoms with Gasteiger partial charge in [-0.1, -0.05) is 17.7 Å². The van der Waals surface area contributed by atoms with E-state index in [2.05, 4.69) is 17.0 Å². The number of rotatable bonds is 5. The van der Waals surface area contributed by atoms with Crippen molar-refractivity contribution in [3.63, 3.8) is 0 Å². The maximum absolute atomic E-state index is 12.7. The molecule has 0 spiro atoms. The molecule has 4 saturated carbocycles. The third-order valence-electron chi connectivity index (χ3n) is 6.70. The van der Waals surface area contributed by atoms with Crippen molar-refractivity contribution in [2.75, 3.05) is 16.3 Å². The first kappa shape index (κ1) is 18.5. The van der Waals surface area contributed by atoms with Gasteiger partial charge in [-0.15, -0.1) is 0 Å². The lowest BCUT2D eigenvalue weighted by Crippen LogP contribution is -2.46. The number of benzene rings is 1. The molecule has 27 heavy (non-hydrogen) atoms. The Labute approximate surface area is 161 Å². The predicted octanol–water partition coefficient (Wildman–Crippen LogP) is 4.16. The Morgan fingerprint density at radius 2 is 1.56 bits per heavy atom. The summed E-state index contributed by atoms with van der Waals surface area (Å²) >= 11 is 0. The van der Waals surface area contributed by atoms with Gasteiger partial charge in [-0.05, 0) is 80.8 Å². The van der Waals surface area contributed by atoms with Crippen LogP contribution in [-0.4, -0.2) is 20.6 Å². The van der Waals surface area contributed by atoms with E-state index < -0.39 is 10.0 Å². The Morgan fingerprint density at radius 1 is 1.04 bits per heavy atom. The lowest BCUT2D eigenvalue weighted by molar-refractivity contribution is -0.112. The van der Waals surface area contributed by atoms with E-state index in [4.69, 9.17) is 0 Å². The SMILES string of the molecule is C/C(=C/C(=O)Nc1ccccc1NS(C)(=O)=O)C12CC3CC(CC(C3)C1)C2. The van der Waals surface area contributed by atoms with Gasteiger partial charge in [0, 0.05) is 6.08 Å². The van der Waals surface area contributed by atoms with E-state index in [0.717, 1.165) is 24.0 Å². The second kappa shape index (κ2) is 6.66. The first-order valence-corrected chi connectivity index (χ1v) is 11.7. The second-order valence-electron chi connectivity index (χ2n) is 8.93. The van der Waals surface area contributed by atoms with Gasteiger partial charge in [-0.25, -0.2) is 8.42 Å². The topological polar surface area (TPSA) is 75.3 Å². The normalized spacial score (nSPS) is 32.4. The standard InChI is InChI=1S/C21H28N2O3S/c1-14(21-11-15-8-16(12-21)10-17(9-15)13-21)7-20(24)22-18-5-3-4-6-19(18)23-27(2,25)26/h3-7,15-17,23H,8-13H2,1-2H3,(H,22,24)/b14-7-. The van der Waals surface area contributed by atoms with Crippen LogP contribution < -0.4 is 10.0 Å². The Kier molecular flexibility index (Phi) is 4.57. The highest BCUT2D eigenvalue weighted by molar-refractivity contribution is 7.92. The number of hydrogen-bond acceptors (Lipinski definition) is 3. The van der Waals surface area contributed by atoms with Gasteiger partial charge < -0.3 is 5.32 Å². The third-order valence-corrected chi connectivity index (χ3v) is 7.29. The van der Waals surface area contributed by atoms with E-state index in [9.17, 15) is 13.2 Å². The van der Waals surface area contributed by atoms with E-state index in [-0.39, 0.29) is 11.3 Å². The van der Waals surface area contributed by atoms with Crippen molar-refractivity contribution in [1.29, 1.82) is 0 Å². The molecule has 4 bridgehead atoms. The number of anilines is 2. The molecule has 5 rings (SSSR count). The number of nitrogens with one attached hydrogen (secondary N) is 2. The largest absolute Gasteiger partial charge is 0.321 e. The van der Waals surface area contributed by atoms with Crippen LogP contribution in [0.2, 0.25) is 0 Å². The van der Waals surface area contributed by atoms with E-state index in [0.29, 0.717) is 11.4 Å². The minimum atomic E-state index is -3.41. The van der Waals surface area contributed by atoms with Crippen molar-refractivity contribution in [3.8, 4) is 0 Å². The van der Waals surface area contributed by atoms with E-state index in [1.165, 1.54) is 44.1 Å². The third kappa shape index (κ3) is 3.91. The van der Waals surface area contributed by atoms with Crippen molar-refractivity contribution in [2.24, 2.45) is 23.2 Å². The van der Waals surface area contributed by atoms with Crippen LogP contribution in [0.3, 0.4) is 0 Å². The summed E-state index contributed by atoms with van der Waals surface area (Å²) < 4.78 is 25.5. The number of hydrogen-bond donors (Lipinski definition) is 2. The molecule has 0 unspecified atom stereocenters. The minimum Gasteiger partial charge on any atom is -0.321 e. The average Bonchev–Trinajstić information content (AvgIpc) is 2.54. The molecule has 0 saturated heterocycles. The average molecular weight is 389 g/mol. The second-order valence-corrected chi connectivity index (χ2v) is 10.7. The van der Waals surface area contributed by atoms with Crippen LogP contribution in [0.25, 0.3) is 0 Å². The summed E-state index contributed by atoms with van der Waals surface area (Å²) in [5, 5.41) is 2.85. The Hall–Kier alpha value is -1.82. The van der Waals surface area contributed by atoms with Crippen molar-refractivity contribution in [1.82, 2.24) is 0 Å². The van der Waals surface area contributed by atoms with Crippen molar-refractivity contribution in [2.45, 2.75) is 45.4 Å². The number of amides is 1. The van der Waals surface area contributed by atoms with Gasteiger partial charge in [-0.3, -0.25) is 9.52 Å². The van der Waals surface area contributed by atoms with Crippen molar-refractivity contribution < 1.29 is 13.2 Å². The monoisotopic (exact) mass is 388 g/mol. The van der Waals surface area contributed by atoms with Crippen LogP contribution in [0.1, 0.15) is 45.4 Å². The maximum Gasteiger partial charge on any atom is 0.248 e. The van der Waals surface area contributed by atoms with Gasteiger partial charge in [-0.2, -0.15) is 0 Å². The zero-order valence-electron chi connectivity index (χ0n) is 16.0. The highest BCUT2D eigenvalue weighted by Crippen LogP contribution is 2.62. The van der Waals surface area contributed by atoms with Crippen LogP contribution >= 0.6 is 0 Å². The zero-order valence-corrected chi connectivity index (χ0v) is 16.8. The van der Waals surface area contributed by atoms with Crippen LogP contribution in [0.5, 0.6) is 0 Å². The van der Waals surface area contributed by atoms with Gasteiger partial charge in [0.25, 0.3) is 0 Å². The molecule has 1 aromatic rings. The fourth-order valence-electron chi connectivity index (χ4n) is 5.99. The molecule has 0 heterocycles. The molecular formula is C21H28N2O3S. The summed E-state index contributed by atoms with van der Waals surface area (Å²) in [6.07, 6.45) is 10.6. The minimum absolute atomic E-state index is 0.189. The molecule has 4 fully saturated rings.